The van der Waals surface area contributed by atoms with Crippen molar-refractivity contribution in [2.45, 2.75) is 38.8 Å². The molecule has 0 spiro atoms. The quantitative estimate of drug-likeness (QED) is 0.634. The average Bonchev–Trinajstić information content (AvgIpc) is 2.08. The van der Waals surface area contributed by atoms with E-state index in [4.69, 9.17) is 14.2 Å². The maximum Gasteiger partial charge on any atom is 0.303 e. The molecule has 15 heavy (non-hydrogen) atoms. The Morgan fingerprint density at radius 2 is 1.73 bits per heavy atom. The van der Waals surface area contributed by atoms with Crippen LogP contribution in [-0.4, -0.2) is 42.1 Å². The zero-order valence-electron chi connectivity index (χ0n) is 8.63. The third kappa shape index (κ3) is 3.85. The maximum absolute atomic E-state index is 10.8. The normalized spacial score (nSPS) is 30.7. The molecule has 0 aliphatic carbocycles. The first kappa shape index (κ1) is 11.9. The minimum absolute atomic E-state index is 0.0265. The topological polar surface area (TPSA) is 82.1 Å². The van der Waals surface area contributed by atoms with E-state index in [0.717, 1.165) is 0 Å². The molecule has 0 radical (unpaired) electrons. The van der Waals surface area contributed by atoms with Crippen LogP contribution in [0.3, 0.4) is 0 Å². The molecule has 3 atom stereocenters. The molecule has 1 saturated heterocycles. The van der Waals surface area contributed by atoms with Gasteiger partial charge in [0.25, 0.3) is 0 Å². The zero-order chi connectivity index (χ0) is 11.4. The monoisotopic (exact) mass is 218 g/mol. The second kappa shape index (κ2) is 5.09. The minimum Gasteiger partial charge on any atom is -0.458 e. The second-order valence-corrected chi connectivity index (χ2v) is 3.32. The molecule has 0 unspecified atom stereocenters. The van der Waals surface area contributed by atoms with E-state index in [1.54, 1.807) is 0 Å². The second-order valence-electron chi connectivity index (χ2n) is 3.32. The van der Waals surface area contributed by atoms with Gasteiger partial charge in [0.1, 0.15) is 6.10 Å². The molecule has 0 bridgehead atoms. The number of carbonyl (C=O) groups excluding carboxylic acids is 2. The van der Waals surface area contributed by atoms with Gasteiger partial charge in [-0.1, -0.05) is 0 Å². The van der Waals surface area contributed by atoms with E-state index in [-0.39, 0.29) is 13.0 Å². The fourth-order valence-corrected chi connectivity index (χ4v) is 1.39. The van der Waals surface area contributed by atoms with Crippen LogP contribution in [0.5, 0.6) is 0 Å². The van der Waals surface area contributed by atoms with Gasteiger partial charge in [0.2, 0.25) is 0 Å². The van der Waals surface area contributed by atoms with Crippen molar-refractivity contribution in [1.82, 2.24) is 0 Å². The molecule has 1 heterocycles. The third-order valence-electron chi connectivity index (χ3n) is 1.94. The summed E-state index contributed by atoms with van der Waals surface area (Å²) in [5.74, 6) is -0.955. The Balaban J connectivity index is 2.57. The SMILES string of the molecule is CC(=O)O[C@@H]1CO[C@H](O)C[C@H]1OC(C)=O. The Morgan fingerprint density at radius 3 is 2.27 bits per heavy atom. The summed E-state index contributed by atoms with van der Waals surface area (Å²) in [5.41, 5.74) is 0. The number of aliphatic hydroxyl groups excluding tert-OH is 1. The van der Waals surface area contributed by atoms with Gasteiger partial charge in [-0.25, -0.2) is 0 Å². The zero-order valence-corrected chi connectivity index (χ0v) is 8.63. The van der Waals surface area contributed by atoms with Crippen molar-refractivity contribution < 1.29 is 28.9 Å². The third-order valence-corrected chi connectivity index (χ3v) is 1.94. The lowest BCUT2D eigenvalue weighted by atomic mass is 10.1. The maximum atomic E-state index is 10.8. The van der Waals surface area contributed by atoms with Gasteiger partial charge in [-0.2, -0.15) is 0 Å². The highest BCUT2D eigenvalue weighted by Crippen LogP contribution is 2.19. The minimum atomic E-state index is -0.985. The van der Waals surface area contributed by atoms with Gasteiger partial charge in [0.15, 0.2) is 12.4 Å². The van der Waals surface area contributed by atoms with Gasteiger partial charge in [-0.05, 0) is 0 Å². The summed E-state index contributed by atoms with van der Waals surface area (Å²) in [7, 11) is 0. The molecule has 0 saturated carbocycles. The molecular weight excluding hydrogens is 204 g/mol. The first-order valence-corrected chi connectivity index (χ1v) is 4.63. The van der Waals surface area contributed by atoms with E-state index in [2.05, 4.69) is 0 Å². The van der Waals surface area contributed by atoms with E-state index in [1.807, 2.05) is 0 Å². The van der Waals surface area contributed by atoms with Crippen LogP contribution in [0.25, 0.3) is 0 Å². The average molecular weight is 218 g/mol. The number of aliphatic hydroxyl groups is 1. The number of esters is 2. The van der Waals surface area contributed by atoms with Crippen molar-refractivity contribution in [1.29, 1.82) is 0 Å². The Hall–Kier alpha value is -1.14. The number of ether oxygens (including phenoxy) is 3. The van der Waals surface area contributed by atoms with Crippen LogP contribution in [0, 0.1) is 0 Å². The Kier molecular flexibility index (Phi) is 4.05. The molecule has 1 N–H and O–H groups in total. The lowest BCUT2D eigenvalue weighted by Gasteiger charge is -2.32. The molecule has 0 amide bonds. The highest BCUT2D eigenvalue weighted by Gasteiger charge is 2.34. The van der Waals surface area contributed by atoms with Gasteiger partial charge < -0.3 is 19.3 Å². The van der Waals surface area contributed by atoms with Crippen molar-refractivity contribution in [3.63, 3.8) is 0 Å². The summed E-state index contributed by atoms with van der Waals surface area (Å²) in [4.78, 5) is 21.5. The van der Waals surface area contributed by atoms with E-state index in [9.17, 15) is 14.7 Å². The Morgan fingerprint density at radius 1 is 1.20 bits per heavy atom. The van der Waals surface area contributed by atoms with Crippen molar-refractivity contribution in [2.24, 2.45) is 0 Å². The van der Waals surface area contributed by atoms with Crippen LogP contribution >= 0.6 is 0 Å². The Bertz CT molecular complexity index is 251. The summed E-state index contributed by atoms with van der Waals surface area (Å²) in [6.45, 7) is 2.54. The highest BCUT2D eigenvalue weighted by atomic mass is 16.6. The van der Waals surface area contributed by atoms with E-state index < -0.39 is 30.4 Å². The summed E-state index contributed by atoms with van der Waals surface area (Å²) in [6.07, 6.45) is -2.16. The van der Waals surface area contributed by atoms with Gasteiger partial charge in [-0.15, -0.1) is 0 Å². The molecule has 1 rings (SSSR count). The lowest BCUT2D eigenvalue weighted by Crippen LogP contribution is -2.45. The fraction of sp³-hybridized carbons (Fsp3) is 0.778. The summed E-state index contributed by atoms with van der Waals surface area (Å²) >= 11 is 0. The van der Waals surface area contributed by atoms with Crippen molar-refractivity contribution in [3.8, 4) is 0 Å². The van der Waals surface area contributed by atoms with Crippen molar-refractivity contribution in [3.05, 3.63) is 0 Å². The molecule has 1 aliphatic heterocycles. The van der Waals surface area contributed by atoms with E-state index in [0.29, 0.717) is 0 Å². The van der Waals surface area contributed by atoms with Gasteiger partial charge in [0.05, 0.1) is 6.61 Å². The standard InChI is InChI=1S/C9H14O6/c1-5(10)14-7-3-9(12)13-4-8(7)15-6(2)11/h7-9,12H,3-4H2,1-2H3/t7-,8-,9+/m1/s1. The molecule has 6 nitrogen and oxygen atoms in total. The van der Waals surface area contributed by atoms with Crippen LogP contribution in [0.1, 0.15) is 20.3 Å². The number of rotatable bonds is 2. The predicted octanol–water partition coefficient (Wildman–Crippen LogP) is -0.412. The van der Waals surface area contributed by atoms with E-state index >= 15 is 0 Å². The van der Waals surface area contributed by atoms with Crippen molar-refractivity contribution >= 4 is 11.9 Å². The molecule has 0 aromatic heterocycles. The van der Waals surface area contributed by atoms with Crippen molar-refractivity contribution in [2.75, 3.05) is 6.61 Å². The van der Waals surface area contributed by atoms with Gasteiger partial charge in [0, 0.05) is 20.3 Å². The van der Waals surface area contributed by atoms with Gasteiger partial charge >= 0.3 is 11.9 Å². The number of hydrogen-bond donors (Lipinski definition) is 1. The summed E-state index contributed by atoms with van der Waals surface area (Å²) in [5, 5.41) is 9.19. The van der Waals surface area contributed by atoms with E-state index in [1.165, 1.54) is 13.8 Å². The molecule has 0 aromatic rings. The van der Waals surface area contributed by atoms with Crippen LogP contribution in [0.2, 0.25) is 0 Å². The highest BCUT2D eigenvalue weighted by molar-refractivity contribution is 5.67. The molecule has 0 aromatic carbocycles. The van der Waals surface area contributed by atoms with Crippen LogP contribution in [0.15, 0.2) is 0 Å². The number of carbonyl (C=O) groups is 2. The van der Waals surface area contributed by atoms with Gasteiger partial charge in [-0.3, -0.25) is 9.59 Å². The summed E-state index contributed by atoms with van der Waals surface area (Å²) < 4.78 is 14.7. The first-order valence-electron chi connectivity index (χ1n) is 4.63. The summed E-state index contributed by atoms with van der Waals surface area (Å²) in [6, 6.07) is 0. The first-order chi connectivity index (χ1) is 6.99. The largest absolute Gasteiger partial charge is 0.458 e. The molecule has 1 fully saturated rings. The molecule has 86 valence electrons. The van der Waals surface area contributed by atoms with Crippen LogP contribution in [0.4, 0.5) is 0 Å². The molecular formula is C9H14O6. The molecule has 1 aliphatic rings. The number of hydrogen-bond acceptors (Lipinski definition) is 6. The lowest BCUT2D eigenvalue weighted by molar-refractivity contribution is -0.216. The molecule has 6 heteroatoms. The Labute approximate surface area is 87.1 Å². The predicted molar refractivity (Wildman–Crippen MR) is 47.7 cm³/mol. The fourth-order valence-electron chi connectivity index (χ4n) is 1.39. The van der Waals surface area contributed by atoms with Crippen LogP contribution < -0.4 is 0 Å². The smallest absolute Gasteiger partial charge is 0.303 e. The van der Waals surface area contributed by atoms with Crippen LogP contribution in [-0.2, 0) is 23.8 Å².